The number of nitrogens with two attached hydrogens (primary N) is 1. The van der Waals surface area contributed by atoms with E-state index in [9.17, 15) is 19.4 Å². The Kier molecular flexibility index (Phi) is 12.9. The molecule has 5 N–H and O–H groups in total. The van der Waals surface area contributed by atoms with E-state index in [1.165, 1.54) is 18.2 Å². The standard InChI is InChI=1S/C31H34FN3O5.C2H4O2/c1-3-34-31(38)29-28(22-11-9-21(10-12-22)19-33-14-15-39-4-2)30(40-35-29)25-17-23(26(36)18-27(25)37)13-8-20-6-5-7-24(32)16-20;1-2(3)4/h5-7,9-12,16-18,33,36-37H,3-4,8,13-15,19H2,1-2H3,(H,34,38);1H3,(H,3,4). The van der Waals surface area contributed by atoms with Gasteiger partial charge in [0.1, 0.15) is 23.9 Å². The van der Waals surface area contributed by atoms with Gasteiger partial charge in [0, 0.05) is 30.8 Å². The molecule has 11 heteroatoms. The van der Waals surface area contributed by atoms with Crippen LogP contribution in [0.25, 0.3) is 22.5 Å². The zero-order valence-corrected chi connectivity index (χ0v) is 25.1. The number of carbonyl (C=O) groups is 2. The number of aryl methyl sites for hydroxylation is 2. The number of quaternary nitrogens is 1. The Morgan fingerprint density at radius 2 is 1.75 bits per heavy atom. The van der Waals surface area contributed by atoms with Crippen LogP contribution < -0.4 is 15.7 Å². The van der Waals surface area contributed by atoms with E-state index in [1.54, 1.807) is 12.1 Å². The number of aromatic hydroxyl groups is 2. The zero-order chi connectivity index (χ0) is 32.1. The SMILES string of the molecule is CC(=O)[O-].CCNC(=O)c1noc(-c2cc(CCc3cccc(F)c3)c(O)cc2O)c1-c1ccc(C[NH2+]CCOCC)cc1. The second-order valence-corrected chi connectivity index (χ2v) is 9.89. The third kappa shape index (κ3) is 9.65. The van der Waals surface area contributed by atoms with Crippen LogP contribution in [0, 0.1) is 5.82 Å². The fraction of sp³-hybridized carbons (Fsp3) is 0.303. The van der Waals surface area contributed by atoms with Crippen molar-refractivity contribution in [2.45, 2.75) is 40.2 Å². The molecule has 3 aromatic carbocycles. The first-order chi connectivity index (χ1) is 21.1. The number of ether oxygens (including phenoxy) is 1. The molecule has 0 bridgehead atoms. The predicted molar refractivity (Wildman–Crippen MR) is 160 cm³/mol. The average Bonchev–Trinajstić information content (AvgIpc) is 3.42. The van der Waals surface area contributed by atoms with Gasteiger partial charge in [-0.1, -0.05) is 41.6 Å². The number of carboxylic acid groups (broad SMARTS) is 1. The number of hydrogen-bond donors (Lipinski definition) is 4. The lowest BCUT2D eigenvalue weighted by Gasteiger charge is -2.11. The van der Waals surface area contributed by atoms with Crippen molar-refractivity contribution in [3.8, 4) is 33.9 Å². The minimum Gasteiger partial charge on any atom is -0.550 e. The van der Waals surface area contributed by atoms with Gasteiger partial charge in [0.15, 0.2) is 11.5 Å². The van der Waals surface area contributed by atoms with E-state index in [4.69, 9.17) is 19.2 Å². The van der Waals surface area contributed by atoms with Gasteiger partial charge in [0.2, 0.25) is 0 Å². The molecule has 0 saturated carbocycles. The molecule has 1 aromatic heterocycles. The van der Waals surface area contributed by atoms with Crippen molar-refractivity contribution in [3.63, 3.8) is 0 Å². The third-order valence-corrected chi connectivity index (χ3v) is 6.55. The van der Waals surface area contributed by atoms with Gasteiger partial charge in [-0.25, -0.2) is 4.39 Å². The van der Waals surface area contributed by atoms with Gasteiger partial charge >= 0.3 is 0 Å². The summed E-state index contributed by atoms with van der Waals surface area (Å²) in [6, 6.07) is 16.9. The molecular weight excluding hydrogens is 569 g/mol. The van der Waals surface area contributed by atoms with E-state index in [1.807, 2.05) is 44.2 Å². The number of phenols is 2. The first kappa shape index (κ1) is 33.8. The number of hydrogen-bond acceptors (Lipinski definition) is 8. The number of benzene rings is 3. The molecule has 4 rings (SSSR count). The number of rotatable bonds is 13. The Bertz CT molecular complexity index is 1530. The van der Waals surface area contributed by atoms with Crippen LogP contribution in [0.4, 0.5) is 4.39 Å². The maximum Gasteiger partial charge on any atom is 0.274 e. The topological polar surface area (TPSA) is 162 Å². The first-order valence-corrected chi connectivity index (χ1v) is 14.4. The highest BCUT2D eigenvalue weighted by Crippen LogP contribution is 2.42. The summed E-state index contributed by atoms with van der Waals surface area (Å²) in [5.41, 5.74) is 3.95. The van der Waals surface area contributed by atoms with E-state index in [0.29, 0.717) is 54.9 Å². The van der Waals surface area contributed by atoms with Gasteiger partial charge in [0.25, 0.3) is 5.91 Å². The first-order valence-electron chi connectivity index (χ1n) is 14.4. The minimum absolute atomic E-state index is 0.0902. The number of aromatic nitrogens is 1. The molecule has 44 heavy (non-hydrogen) atoms. The summed E-state index contributed by atoms with van der Waals surface area (Å²) in [7, 11) is 0. The van der Waals surface area contributed by atoms with Gasteiger partial charge in [-0.2, -0.15) is 0 Å². The Morgan fingerprint density at radius 3 is 2.41 bits per heavy atom. The average molecular weight is 608 g/mol. The van der Waals surface area contributed by atoms with E-state index < -0.39 is 11.9 Å². The smallest absolute Gasteiger partial charge is 0.274 e. The molecule has 0 aliphatic heterocycles. The molecule has 0 aliphatic carbocycles. The number of aliphatic carboxylic acids is 1. The Balaban J connectivity index is 0.00000124. The second kappa shape index (κ2) is 16.8. The number of amides is 1. The summed E-state index contributed by atoms with van der Waals surface area (Å²) < 4.78 is 24.7. The van der Waals surface area contributed by atoms with E-state index in [0.717, 1.165) is 31.1 Å². The van der Waals surface area contributed by atoms with Crippen LogP contribution in [0.3, 0.4) is 0 Å². The third-order valence-electron chi connectivity index (χ3n) is 6.55. The number of carboxylic acids is 1. The van der Waals surface area contributed by atoms with E-state index in [2.05, 4.69) is 15.8 Å². The van der Waals surface area contributed by atoms with Crippen molar-refractivity contribution >= 4 is 11.9 Å². The zero-order valence-electron chi connectivity index (χ0n) is 25.1. The highest BCUT2D eigenvalue weighted by Gasteiger charge is 2.26. The highest BCUT2D eigenvalue weighted by atomic mass is 19.1. The second-order valence-electron chi connectivity index (χ2n) is 9.89. The van der Waals surface area contributed by atoms with Crippen LogP contribution in [-0.2, 0) is 28.9 Å². The van der Waals surface area contributed by atoms with Crippen molar-refractivity contribution in [1.82, 2.24) is 10.5 Å². The molecular formula is C33H38FN3O7. The van der Waals surface area contributed by atoms with Gasteiger partial charge in [-0.3, -0.25) is 4.79 Å². The highest BCUT2D eigenvalue weighted by molar-refractivity contribution is 6.02. The fourth-order valence-electron chi connectivity index (χ4n) is 4.50. The van der Waals surface area contributed by atoms with Crippen LogP contribution in [0.2, 0.25) is 0 Å². The molecule has 1 heterocycles. The van der Waals surface area contributed by atoms with Crippen molar-refractivity contribution in [2.75, 3.05) is 26.3 Å². The van der Waals surface area contributed by atoms with Crippen molar-refractivity contribution in [2.24, 2.45) is 0 Å². The maximum atomic E-state index is 13.6. The van der Waals surface area contributed by atoms with Crippen LogP contribution in [-0.4, -0.2) is 53.5 Å². The Morgan fingerprint density at radius 1 is 1.02 bits per heavy atom. The molecule has 234 valence electrons. The lowest BCUT2D eigenvalue weighted by molar-refractivity contribution is -0.672. The molecule has 0 aliphatic rings. The largest absolute Gasteiger partial charge is 0.550 e. The van der Waals surface area contributed by atoms with Gasteiger partial charge in [0.05, 0.1) is 24.3 Å². The van der Waals surface area contributed by atoms with Gasteiger partial charge < -0.3 is 40.0 Å². The quantitative estimate of drug-likeness (QED) is 0.169. The molecule has 4 aromatic rings. The molecule has 10 nitrogen and oxygen atoms in total. The summed E-state index contributed by atoms with van der Waals surface area (Å²) in [6.07, 6.45) is 0.871. The maximum absolute atomic E-state index is 13.6. The predicted octanol–water partition coefficient (Wildman–Crippen LogP) is 2.95. The van der Waals surface area contributed by atoms with Crippen molar-refractivity contribution in [1.29, 1.82) is 0 Å². The van der Waals surface area contributed by atoms with Crippen LogP contribution >= 0.6 is 0 Å². The molecule has 0 radical (unpaired) electrons. The summed E-state index contributed by atoms with van der Waals surface area (Å²) >= 11 is 0. The number of carbonyl (C=O) groups excluding carboxylic acids is 2. The summed E-state index contributed by atoms with van der Waals surface area (Å²) in [5, 5.41) is 39.2. The molecule has 0 spiro atoms. The van der Waals surface area contributed by atoms with E-state index in [-0.39, 0.29) is 28.8 Å². The molecule has 0 saturated heterocycles. The van der Waals surface area contributed by atoms with E-state index >= 15 is 0 Å². The molecule has 0 atom stereocenters. The Hall–Kier alpha value is -4.74. The van der Waals surface area contributed by atoms with Crippen LogP contribution in [0.5, 0.6) is 11.5 Å². The summed E-state index contributed by atoms with van der Waals surface area (Å²) in [6.45, 7) is 8.18. The Labute approximate surface area is 255 Å². The molecule has 0 unspecified atom stereocenters. The van der Waals surface area contributed by atoms with Gasteiger partial charge in [-0.05, 0) is 68.5 Å². The van der Waals surface area contributed by atoms with Crippen molar-refractivity contribution in [3.05, 3.63) is 88.9 Å². The van der Waals surface area contributed by atoms with Crippen molar-refractivity contribution < 1.29 is 43.9 Å². The monoisotopic (exact) mass is 607 g/mol. The summed E-state index contributed by atoms with van der Waals surface area (Å²) in [5.74, 6) is -1.90. The molecule has 0 fully saturated rings. The van der Waals surface area contributed by atoms with Gasteiger partial charge in [-0.15, -0.1) is 0 Å². The fourth-order valence-corrected chi connectivity index (χ4v) is 4.50. The number of phenolic OH excluding ortho intramolecular Hbond substituents is 2. The summed E-state index contributed by atoms with van der Waals surface area (Å²) in [4.78, 5) is 21.8. The number of nitrogens with one attached hydrogen (secondary N) is 1. The number of halogens is 1. The van der Waals surface area contributed by atoms with Crippen LogP contribution in [0.15, 0.2) is 65.2 Å². The number of nitrogens with zero attached hydrogens (tertiary/aromatic N) is 1. The minimum atomic E-state index is -1.08. The lowest BCUT2D eigenvalue weighted by Crippen LogP contribution is -2.83. The van der Waals surface area contributed by atoms with Crippen LogP contribution in [0.1, 0.15) is 48.0 Å². The normalized spacial score (nSPS) is 10.6. The molecule has 1 amide bonds. The lowest BCUT2D eigenvalue weighted by atomic mass is 9.95.